The molecule has 0 saturated heterocycles. The van der Waals surface area contributed by atoms with Gasteiger partial charge in [-0.25, -0.2) is 4.98 Å². The van der Waals surface area contributed by atoms with Crippen LogP contribution in [0.15, 0.2) is 42.6 Å². The standard InChI is InChI=1S/C24H26N6OS.ClH/c1-5-14-12-17(14)23(31)26-24-21(19-7-6-8-20(25-19)29(2)3)22(28-32-24)15-9-10-18-16(11-15)13-30(4)27-18;/h6-11,13-14,17H,5,12H2,1-4H3,(H,26,31);1H/t14-,17-;/m1./s1. The fourth-order valence-corrected chi connectivity index (χ4v) is 4.96. The summed E-state index contributed by atoms with van der Waals surface area (Å²) in [4.78, 5) is 19.7. The summed E-state index contributed by atoms with van der Waals surface area (Å²) >= 11 is 1.32. The number of benzene rings is 1. The van der Waals surface area contributed by atoms with Crippen molar-refractivity contribution < 1.29 is 4.79 Å². The molecule has 2 atom stereocenters. The van der Waals surface area contributed by atoms with Crippen LogP contribution in [0.4, 0.5) is 10.8 Å². The highest BCUT2D eigenvalue weighted by Gasteiger charge is 2.41. The molecule has 1 fully saturated rings. The number of carbonyl (C=O) groups is 1. The Morgan fingerprint density at radius 1 is 1.27 bits per heavy atom. The van der Waals surface area contributed by atoms with Crippen molar-refractivity contribution in [2.24, 2.45) is 18.9 Å². The minimum absolute atomic E-state index is 0. The molecule has 0 aliphatic heterocycles. The Labute approximate surface area is 203 Å². The maximum absolute atomic E-state index is 12.9. The van der Waals surface area contributed by atoms with Gasteiger partial charge in [-0.05, 0) is 48.1 Å². The molecule has 1 N–H and O–H groups in total. The Kier molecular flexibility index (Phi) is 6.41. The molecule has 3 heterocycles. The van der Waals surface area contributed by atoms with E-state index < -0.39 is 0 Å². The number of carbonyl (C=O) groups excluding carboxylic acids is 1. The van der Waals surface area contributed by atoms with Crippen molar-refractivity contribution in [3.05, 3.63) is 42.6 Å². The Balaban J connectivity index is 0.00000259. The van der Waals surface area contributed by atoms with E-state index in [1.807, 2.05) is 67.3 Å². The van der Waals surface area contributed by atoms with E-state index in [0.29, 0.717) is 5.92 Å². The topological polar surface area (TPSA) is 75.9 Å². The van der Waals surface area contributed by atoms with Gasteiger partial charge in [0.1, 0.15) is 10.8 Å². The van der Waals surface area contributed by atoms with Crippen LogP contribution in [0.5, 0.6) is 0 Å². The number of fused-ring (bicyclic) bond motifs is 1. The number of hydrogen-bond donors (Lipinski definition) is 1. The number of hydrogen-bond acceptors (Lipinski definition) is 6. The number of pyridine rings is 1. The third-order valence-corrected chi connectivity index (χ3v) is 6.82. The van der Waals surface area contributed by atoms with Crippen LogP contribution in [-0.2, 0) is 11.8 Å². The first-order chi connectivity index (χ1) is 15.4. The average molecular weight is 483 g/mol. The van der Waals surface area contributed by atoms with Gasteiger partial charge >= 0.3 is 0 Å². The van der Waals surface area contributed by atoms with Crippen molar-refractivity contribution in [2.75, 3.05) is 24.3 Å². The molecular formula is C24H27ClN6OS. The van der Waals surface area contributed by atoms with Gasteiger partial charge in [-0.15, -0.1) is 12.4 Å². The van der Waals surface area contributed by atoms with Crippen molar-refractivity contribution in [3.8, 4) is 22.5 Å². The van der Waals surface area contributed by atoms with Gasteiger partial charge in [-0.1, -0.05) is 25.5 Å². The van der Waals surface area contributed by atoms with Crippen LogP contribution in [0.2, 0.25) is 0 Å². The molecule has 9 heteroatoms. The van der Waals surface area contributed by atoms with Crippen molar-refractivity contribution in [1.82, 2.24) is 19.1 Å². The molecule has 0 bridgehead atoms. The molecule has 0 unspecified atom stereocenters. The van der Waals surface area contributed by atoms with Gasteiger partial charge < -0.3 is 10.2 Å². The van der Waals surface area contributed by atoms with E-state index in [0.717, 1.165) is 57.1 Å². The van der Waals surface area contributed by atoms with Crippen molar-refractivity contribution in [3.63, 3.8) is 0 Å². The van der Waals surface area contributed by atoms with Crippen molar-refractivity contribution in [1.29, 1.82) is 0 Å². The second-order valence-corrected chi connectivity index (χ2v) is 9.36. The predicted octanol–water partition coefficient (Wildman–Crippen LogP) is 5.23. The van der Waals surface area contributed by atoms with Gasteiger partial charge in [0.15, 0.2) is 0 Å². The van der Waals surface area contributed by atoms with Crippen LogP contribution < -0.4 is 10.2 Å². The molecule has 0 radical (unpaired) electrons. The lowest BCUT2D eigenvalue weighted by molar-refractivity contribution is -0.117. The van der Waals surface area contributed by atoms with E-state index in [1.54, 1.807) is 0 Å². The highest BCUT2D eigenvalue weighted by atomic mass is 35.5. The second kappa shape index (κ2) is 9.11. The lowest BCUT2D eigenvalue weighted by atomic mass is 10.0. The van der Waals surface area contributed by atoms with Gasteiger partial charge in [0.2, 0.25) is 5.91 Å². The number of nitrogens with zero attached hydrogens (tertiary/aromatic N) is 5. The normalized spacial score (nSPS) is 17.0. The summed E-state index contributed by atoms with van der Waals surface area (Å²) in [6.45, 7) is 2.14. The van der Waals surface area contributed by atoms with E-state index >= 15 is 0 Å². The van der Waals surface area contributed by atoms with E-state index in [4.69, 9.17) is 9.36 Å². The molecule has 33 heavy (non-hydrogen) atoms. The number of anilines is 2. The summed E-state index contributed by atoms with van der Waals surface area (Å²) in [7, 11) is 5.85. The van der Waals surface area contributed by atoms with Crippen LogP contribution in [0.3, 0.4) is 0 Å². The van der Waals surface area contributed by atoms with Crippen LogP contribution in [-0.4, -0.2) is 39.1 Å². The maximum Gasteiger partial charge on any atom is 0.228 e. The summed E-state index contributed by atoms with van der Waals surface area (Å²) in [5.74, 6) is 1.54. The minimum atomic E-state index is 0. The second-order valence-electron chi connectivity index (χ2n) is 8.59. The van der Waals surface area contributed by atoms with E-state index in [1.165, 1.54) is 11.5 Å². The van der Waals surface area contributed by atoms with Crippen LogP contribution >= 0.6 is 23.9 Å². The smallest absolute Gasteiger partial charge is 0.228 e. The molecule has 3 aromatic heterocycles. The van der Waals surface area contributed by atoms with Crippen LogP contribution in [0.25, 0.3) is 33.4 Å². The Morgan fingerprint density at radius 3 is 2.82 bits per heavy atom. The predicted molar refractivity (Wildman–Crippen MR) is 137 cm³/mol. The molecule has 1 aliphatic rings. The molecule has 0 spiro atoms. The number of amides is 1. The molecular weight excluding hydrogens is 456 g/mol. The zero-order valence-corrected chi connectivity index (χ0v) is 20.7. The quantitative estimate of drug-likeness (QED) is 0.407. The summed E-state index contributed by atoms with van der Waals surface area (Å²) in [5.41, 5.74) is 4.40. The van der Waals surface area contributed by atoms with Gasteiger partial charge in [-0.3, -0.25) is 9.48 Å². The SMILES string of the molecule is CC[C@@H]1C[C@H]1C(=O)Nc1snc(-c2ccc3nn(C)cc3c2)c1-c1cccc(N(C)C)n1.Cl. The van der Waals surface area contributed by atoms with Crippen molar-refractivity contribution in [2.45, 2.75) is 19.8 Å². The van der Waals surface area contributed by atoms with Gasteiger partial charge in [0.25, 0.3) is 0 Å². The lowest BCUT2D eigenvalue weighted by Gasteiger charge is -2.13. The van der Waals surface area contributed by atoms with Gasteiger partial charge in [0.05, 0.1) is 22.5 Å². The minimum Gasteiger partial charge on any atom is -0.363 e. The molecule has 1 aromatic carbocycles. The van der Waals surface area contributed by atoms with Crippen LogP contribution in [0.1, 0.15) is 19.8 Å². The number of nitrogens with one attached hydrogen (secondary N) is 1. The maximum atomic E-state index is 12.9. The van der Waals surface area contributed by atoms with Gasteiger partial charge in [-0.2, -0.15) is 9.47 Å². The molecule has 1 aliphatic carbocycles. The summed E-state index contributed by atoms with van der Waals surface area (Å²) in [6.07, 6.45) is 4.00. The first kappa shape index (κ1) is 23.2. The monoisotopic (exact) mass is 482 g/mol. The molecule has 1 amide bonds. The summed E-state index contributed by atoms with van der Waals surface area (Å²) in [6, 6.07) is 12.1. The third-order valence-electron chi connectivity index (χ3n) is 6.05. The van der Waals surface area contributed by atoms with Crippen molar-refractivity contribution >= 4 is 51.6 Å². The first-order valence-electron chi connectivity index (χ1n) is 10.8. The highest BCUT2D eigenvalue weighted by molar-refractivity contribution is 7.11. The summed E-state index contributed by atoms with van der Waals surface area (Å²) < 4.78 is 6.58. The summed E-state index contributed by atoms with van der Waals surface area (Å²) in [5, 5.41) is 9.43. The molecule has 4 aromatic rings. The van der Waals surface area contributed by atoms with Crippen LogP contribution in [0, 0.1) is 11.8 Å². The van der Waals surface area contributed by atoms with E-state index in [-0.39, 0.29) is 24.2 Å². The number of rotatable bonds is 6. The molecule has 1 saturated carbocycles. The highest BCUT2D eigenvalue weighted by Crippen LogP contribution is 2.44. The van der Waals surface area contributed by atoms with E-state index in [2.05, 4.69) is 23.4 Å². The largest absolute Gasteiger partial charge is 0.363 e. The molecule has 5 rings (SSSR count). The lowest BCUT2D eigenvalue weighted by Crippen LogP contribution is -2.14. The number of halogens is 1. The Hall–Kier alpha value is -2.97. The fourth-order valence-electron chi connectivity index (χ4n) is 4.14. The fraction of sp³-hybridized carbons (Fsp3) is 0.333. The average Bonchev–Trinajstić information content (AvgIpc) is 3.32. The molecule has 7 nitrogen and oxygen atoms in total. The number of aryl methyl sites for hydroxylation is 1. The van der Waals surface area contributed by atoms with Gasteiger partial charge in [0, 0.05) is 44.2 Å². The third kappa shape index (κ3) is 4.45. The van der Waals surface area contributed by atoms with E-state index in [9.17, 15) is 4.79 Å². The zero-order valence-electron chi connectivity index (χ0n) is 19.1. The Morgan fingerprint density at radius 2 is 2.09 bits per heavy atom. The zero-order chi connectivity index (χ0) is 22.4. The molecule has 172 valence electrons. The Bertz CT molecular complexity index is 1310. The first-order valence-corrected chi connectivity index (χ1v) is 11.6. The number of aromatic nitrogens is 4.